The van der Waals surface area contributed by atoms with Gasteiger partial charge in [-0.05, 0) is 148 Å². The Morgan fingerprint density at radius 3 is 2.02 bits per heavy atom. The molecule has 102 heavy (non-hydrogen) atoms. The summed E-state index contributed by atoms with van der Waals surface area (Å²) < 4.78 is 22.9. The number of nitrogens with zero attached hydrogens (tertiary/aromatic N) is 4. The van der Waals surface area contributed by atoms with Crippen molar-refractivity contribution in [3.63, 3.8) is 0 Å². The van der Waals surface area contributed by atoms with Crippen LogP contribution in [0.1, 0.15) is 150 Å². The Kier molecular flexibility index (Phi) is 28.5. The van der Waals surface area contributed by atoms with Gasteiger partial charge in [0.15, 0.2) is 11.5 Å². The van der Waals surface area contributed by atoms with E-state index in [2.05, 4.69) is 21.3 Å². The zero-order valence-electron chi connectivity index (χ0n) is 59.9. The van der Waals surface area contributed by atoms with Crippen LogP contribution in [0.2, 0.25) is 0 Å². The topological polar surface area (TPSA) is 286 Å². The molecule has 0 aromatic heterocycles. The summed E-state index contributed by atoms with van der Waals surface area (Å²) in [5.41, 5.74) is 2.79. The molecule has 23 heteroatoms. The first-order chi connectivity index (χ1) is 48.9. The minimum absolute atomic E-state index is 0.0165. The van der Waals surface area contributed by atoms with Gasteiger partial charge in [-0.2, -0.15) is 0 Å². The number of benzene rings is 5. The maximum atomic E-state index is 15.4. The SMILES string of the molecule is COc1ccc(CC[C@H]2OC(=O)[C@@H]3CCCCN3C(=O)C(=O)C(C)(C)COC(=O)C=CCCCCN(C)C(=O)[C@H](CC(C)C)N(C)C(=O)[C@H]3CCCN3C(=O)[C@H](Cc3ccc(CNC(=O)Cc4ccccc4)cc3)NC(=O)[C@H](c3ccccc3)NC(=O)CCC(=O)Nc3cccc2c3)cc1OC. The second-order valence-electron chi connectivity index (χ2n) is 27.5. The number of hydrogen-bond donors (Lipinski definition) is 4. The molecular formula is C79H98N8O15. The summed E-state index contributed by atoms with van der Waals surface area (Å²) in [6.07, 6.45) is 5.82. The van der Waals surface area contributed by atoms with Gasteiger partial charge in [-0.1, -0.05) is 123 Å². The van der Waals surface area contributed by atoms with E-state index in [0.717, 1.165) is 16.7 Å². The lowest BCUT2D eigenvalue weighted by molar-refractivity contribution is -0.165. The quantitative estimate of drug-likeness (QED) is 0.0597. The smallest absolute Gasteiger partial charge is 0.330 e. The number of likely N-dealkylation sites (N-methyl/N-ethyl adjacent to an activating group) is 2. The standard InChI is InChI=1S/C79H98N8O15/c1-52(2)45-63-75(95)84(5)42-19-10-9-17-31-70(91)101-51-79(3,4)72(92)77(97)87-43-20-18-29-62(87)78(98)102-64(38-36-55-37-39-65(99-7)66(47-55)100-8)58-27-21-28-59(49-58)81-67(88)40-41-68(89)83-71(57-25-15-12-16-26-57)73(93)82-60(74(94)86-44-22-30-61(86)76(96)85(63)6)46-54-32-34-56(35-33-54)50-80-69(90)48-53-23-13-11-14-24-53/h11-17,21,23-28,31-35,37,39,47,49,52,60-64,71H,9-10,18-20,22,29-30,36,38,40-46,48,50-51H2,1-8H3,(H,80,90)(H,81,88)(H,82,93)(H,83,89)/t60-,61+,62-,63-,64+,71-/m0/s1. The minimum atomic E-state index is -1.49. The van der Waals surface area contributed by atoms with Crippen molar-refractivity contribution >= 4 is 70.7 Å². The highest BCUT2D eigenvalue weighted by atomic mass is 16.5. The molecule has 3 aliphatic heterocycles. The minimum Gasteiger partial charge on any atom is -0.493 e. The lowest BCUT2D eigenvalue weighted by Crippen LogP contribution is -2.58. The van der Waals surface area contributed by atoms with E-state index in [1.807, 2.05) is 68.4 Å². The van der Waals surface area contributed by atoms with Crippen molar-refractivity contribution in [2.75, 3.05) is 59.9 Å². The van der Waals surface area contributed by atoms with Crippen LogP contribution in [0.25, 0.3) is 0 Å². The number of cyclic esters (lactones) is 2. The number of hydrogen-bond acceptors (Lipinski definition) is 15. The number of methoxy groups -OCH3 is 2. The van der Waals surface area contributed by atoms with Gasteiger partial charge < -0.3 is 59.8 Å². The summed E-state index contributed by atoms with van der Waals surface area (Å²) in [5.74, 6) is -5.70. The Balaban J connectivity index is 1.07. The van der Waals surface area contributed by atoms with Gasteiger partial charge in [0.25, 0.3) is 5.91 Å². The molecule has 5 aromatic rings. The molecule has 2 bridgehead atoms. The molecule has 0 unspecified atom stereocenters. The predicted molar refractivity (Wildman–Crippen MR) is 383 cm³/mol. The van der Waals surface area contributed by atoms with Gasteiger partial charge in [0, 0.05) is 71.3 Å². The van der Waals surface area contributed by atoms with E-state index in [-0.39, 0.29) is 82.3 Å². The third-order valence-corrected chi connectivity index (χ3v) is 18.8. The summed E-state index contributed by atoms with van der Waals surface area (Å²) in [4.78, 5) is 162. The molecule has 0 saturated carbocycles. The Morgan fingerprint density at radius 2 is 1.30 bits per heavy atom. The van der Waals surface area contributed by atoms with Gasteiger partial charge in [0.05, 0.1) is 26.1 Å². The molecule has 2 saturated heterocycles. The number of carbonyl (C=O) groups is 11. The second kappa shape index (κ2) is 37.5. The summed E-state index contributed by atoms with van der Waals surface area (Å²) in [7, 11) is 6.28. The number of ether oxygens (including phenoxy) is 4. The molecule has 23 nitrogen and oxygen atoms in total. The van der Waals surface area contributed by atoms with E-state index in [0.29, 0.717) is 91.8 Å². The molecule has 544 valence electrons. The number of piperidine rings is 1. The molecular weight excluding hydrogens is 1300 g/mol. The molecule has 3 aliphatic rings. The van der Waals surface area contributed by atoms with Crippen LogP contribution >= 0.6 is 0 Å². The first kappa shape index (κ1) is 77.5. The molecule has 5 aromatic carbocycles. The van der Waals surface area contributed by atoms with Crippen LogP contribution in [0.4, 0.5) is 5.69 Å². The van der Waals surface area contributed by atoms with Crippen molar-refractivity contribution in [3.8, 4) is 11.5 Å². The number of fused-ring (bicyclic) bond motifs is 4. The monoisotopic (exact) mass is 1400 g/mol. The van der Waals surface area contributed by atoms with Gasteiger partial charge in [-0.15, -0.1) is 0 Å². The largest absolute Gasteiger partial charge is 0.493 e. The molecule has 0 radical (unpaired) electrons. The first-order valence-electron chi connectivity index (χ1n) is 35.3. The number of nitrogens with one attached hydrogen (secondary N) is 4. The Morgan fingerprint density at radius 1 is 0.647 bits per heavy atom. The van der Waals surface area contributed by atoms with Crippen LogP contribution in [0, 0.1) is 11.3 Å². The summed E-state index contributed by atoms with van der Waals surface area (Å²) in [6, 6.07) is 31.5. The van der Waals surface area contributed by atoms with Crippen molar-refractivity contribution in [2.24, 2.45) is 11.3 Å². The molecule has 3 heterocycles. The average molecular weight is 1400 g/mol. The number of rotatable bonds is 14. The molecule has 2 fully saturated rings. The van der Waals surface area contributed by atoms with E-state index in [4.69, 9.17) is 18.9 Å². The highest BCUT2D eigenvalue weighted by molar-refractivity contribution is 6.38. The molecule has 4 N–H and O–H groups in total. The van der Waals surface area contributed by atoms with Crippen LogP contribution in [0.3, 0.4) is 0 Å². The molecule has 8 rings (SSSR count). The Bertz CT molecular complexity index is 3790. The zero-order chi connectivity index (χ0) is 73.5. The molecule has 0 aliphatic carbocycles. The number of ketones is 1. The van der Waals surface area contributed by atoms with Crippen LogP contribution < -0.4 is 30.7 Å². The number of carbonyl (C=O) groups excluding carboxylic acids is 11. The fourth-order valence-electron chi connectivity index (χ4n) is 12.9. The van der Waals surface area contributed by atoms with Crippen molar-refractivity contribution in [1.82, 2.24) is 35.6 Å². The lowest BCUT2D eigenvalue weighted by atomic mass is 9.87. The molecule has 8 amide bonds. The van der Waals surface area contributed by atoms with Gasteiger partial charge in [0.1, 0.15) is 42.9 Å². The normalized spacial score (nSPS) is 21.7. The maximum absolute atomic E-state index is 15.4. The highest BCUT2D eigenvalue weighted by Gasteiger charge is 2.44. The Hall–Kier alpha value is -10.2. The third kappa shape index (κ3) is 21.9. The van der Waals surface area contributed by atoms with Crippen LogP contribution in [0.15, 0.2) is 140 Å². The fourth-order valence-corrected chi connectivity index (χ4v) is 12.9. The summed E-state index contributed by atoms with van der Waals surface area (Å²) >= 11 is 0. The highest BCUT2D eigenvalue weighted by Crippen LogP contribution is 2.34. The maximum Gasteiger partial charge on any atom is 0.330 e. The van der Waals surface area contributed by atoms with Gasteiger partial charge in [-0.3, -0.25) is 43.2 Å². The second-order valence-corrected chi connectivity index (χ2v) is 27.5. The van der Waals surface area contributed by atoms with E-state index < -0.39 is 101 Å². The van der Waals surface area contributed by atoms with E-state index in [9.17, 15) is 43.2 Å². The molecule has 6 atom stereocenters. The van der Waals surface area contributed by atoms with Crippen LogP contribution in [0.5, 0.6) is 11.5 Å². The van der Waals surface area contributed by atoms with Crippen molar-refractivity contribution in [1.29, 1.82) is 0 Å². The number of allylic oxidation sites excluding steroid dienone is 1. The van der Waals surface area contributed by atoms with E-state index >= 15 is 9.59 Å². The van der Waals surface area contributed by atoms with Crippen LogP contribution in [-0.4, -0.2) is 163 Å². The van der Waals surface area contributed by atoms with Crippen molar-refractivity contribution < 1.29 is 71.7 Å². The summed E-state index contributed by atoms with van der Waals surface area (Å²) in [5, 5.41) is 11.6. The Labute approximate surface area is 597 Å². The van der Waals surface area contributed by atoms with Crippen molar-refractivity contribution in [3.05, 3.63) is 173 Å². The predicted octanol–water partition coefficient (Wildman–Crippen LogP) is 8.67. The van der Waals surface area contributed by atoms with Gasteiger partial charge in [-0.25, -0.2) is 9.59 Å². The number of aryl methyl sites for hydroxylation is 1. The van der Waals surface area contributed by atoms with Crippen molar-refractivity contribution in [2.45, 2.75) is 167 Å². The van der Waals surface area contributed by atoms with E-state index in [1.165, 1.54) is 48.8 Å². The van der Waals surface area contributed by atoms with Gasteiger partial charge >= 0.3 is 11.9 Å². The number of Topliss-reactive ketones (excluding diaryl/α,β-unsaturated/α-hetero) is 1. The van der Waals surface area contributed by atoms with E-state index in [1.54, 1.807) is 97.9 Å². The summed E-state index contributed by atoms with van der Waals surface area (Å²) in [6.45, 7) is 7.28. The number of esters is 2. The van der Waals surface area contributed by atoms with Crippen LogP contribution in [-0.2, 0) is 88.0 Å². The zero-order valence-corrected chi connectivity index (χ0v) is 59.9. The fraction of sp³-hybridized carbons (Fsp3) is 0.456. The average Bonchev–Trinajstić information content (AvgIpc) is 1.50. The first-order valence-corrected chi connectivity index (χ1v) is 35.3. The lowest BCUT2D eigenvalue weighted by Gasteiger charge is -2.36. The number of anilines is 1. The molecule has 0 spiro atoms. The number of amides is 8. The third-order valence-electron chi connectivity index (χ3n) is 18.8. The van der Waals surface area contributed by atoms with Gasteiger partial charge in [0.2, 0.25) is 47.1 Å².